The van der Waals surface area contributed by atoms with Crippen molar-refractivity contribution in [2.45, 2.75) is 45.6 Å². The second-order valence-corrected chi connectivity index (χ2v) is 4.37. The number of aliphatic hydroxyl groups is 1. The van der Waals surface area contributed by atoms with Gasteiger partial charge in [-0.15, -0.1) is 0 Å². The fraction of sp³-hybridized carbons (Fsp3) is 0.909. The molecule has 0 saturated heterocycles. The number of rotatable bonds is 9. The SMILES string of the molecule is CC(C)C(CCO)NCCCCC(N)=NO. The lowest BCUT2D eigenvalue weighted by molar-refractivity contribution is 0.244. The Morgan fingerprint density at radius 2 is 2.06 bits per heavy atom. The molecule has 5 nitrogen and oxygen atoms in total. The largest absolute Gasteiger partial charge is 0.409 e. The summed E-state index contributed by atoms with van der Waals surface area (Å²) in [5.74, 6) is 0.812. The van der Waals surface area contributed by atoms with Crippen molar-refractivity contribution in [3.63, 3.8) is 0 Å². The van der Waals surface area contributed by atoms with Gasteiger partial charge in [0.05, 0.1) is 0 Å². The van der Waals surface area contributed by atoms with Crippen molar-refractivity contribution in [3.05, 3.63) is 0 Å². The predicted molar refractivity (Wildman–Crippen MR) is 65.6 cm³/mol. The topological polar surface area (TPSA) is 90.9 Å². The minimum absolute atomic E-state index is 0.222. The number of hydrogen-bond donors (Lipinski definition) is 4. The van der Waals surface area contributed by atoms with Crippen LogP contribution < -0.4 is 11.1 Å². The van der Waals surface area contributed by atoms with E-state index < -0.39 is 0 Å². The molecule has 0 aliphatic heterocycles. The average molecular weight is 231 g/mol. The standard InChI is InChI=1S/C11H25N3O2/c1-9(2)10(6-8-15)13-7-4-3-5-11(12)14-16/h9-10,13,15-16H,3-8H2,1-2H3,(H2,12,14). The molecule has 0 rings (SSSR count). The number of nitrogens with zero attached hydrogens (tertiary/aromatic N) is 1. The van der Waals surface area contributed by atoms with Gasteiger partial charge < -0.3 is 21.4 Å². The summed E-state index contributed by atoms with van der Waals surface area (Å²) < 4.78 is 0. The van der Waals surface area contributed by atoms with Gasteiger partial charge in [-0.2, -0.15) is 0 Å². The van der Waals surface area contributed by atoms with Crippen LogP contribution in [0.2, 0.25) is 0 Å². The molecular formula is C11H25N3O2. The molecule has 1 unspecified atom stereocenters. The van der Waals surface area contributed by atoms with E-state index in [1.807, 2.05) is 0 Å². The van der Waals surface area contributed by atoms with E-state index in [0.29, 0.717) is 18.4 Å². The van der Waals surface area contributed by atoms with Crippen molar-refractivity contribution < 1.29 is 10.3 Å². The molecule has 0 aliphatic rings. The molecular weight excluding hydrogens is 206 g/mol. The molecule has 0 fully saturated rings. The number of amidine groups is 1. The number of aliphatic hydroxyl groups excluding tert-OH is 1. The van der Waals surface area contributed by atoms with E-state index in [1.54, 1.807) is 0 Å². The number of unbranched alkanes of at least 4 members (excludes halogenated alkanes) is 1. The Balaban J connectivity index is 3.55. The third-order valence-electron chi connectivity index (χ3n) is 2.64. The molecule has 0 aromatic carbocycles. The summed E-state index contributed by atoms with van der Waals surface area (Å²) in [5, 5.41) is 23.6. The average Bonchev–Trinajstić information content (AvgIpc) is 2.26. The molecule has 5 heteroatoms. The number of oxime groups is 1. The maximum absolute atomic E-state index is 8.89. The summed E-state index contributed by atoms with van der Waals surface area (Å²) in [6.07, 6.45) is 3.32. The second-order valence-electron chi connectivity index (χ2n) is 4.37. The van der Waals surface area contributed by atoms with Crippen molar-refractivity contribution in [3.8, 4) is 0 Å². The van der Waals surface area contributed by atoms with Crippen LogP contribution >= 0.6 is 0 Å². The van der Waals surface area contributed by atoms with Gasteiger partial charge in [0.1, 0.15) is 5.84 Å². The fourth-order valence-corrected chi connectivity index (χ4v) is 1.58. The molecule has 96 valence electrons. The van der Waals surface area contributed by atoms with Crippen LogP contribution in [-0.4, -0.2) is 35.3 Å². The highest BCUT2D eigenvalue weighted by Crippen LogP contribution is 2.05. The van der Waals surface area contributed by atoms with Gasteiger partial charge in [-0.25, -0.2) is 0 Å². The minimum Gasteiger partial charge on any atom is -0.409 e. The minimum atomic E-state index is 0.222. The summed E-state index contributed by atoms with van der Waals surface area (Å²) in [6.45, 7) is 5.41. The molecule has 0 bridgehead atoms. The highest BCUT2D eigenvalue weighted by molar-refractivity contribution is 5.79. The third kappa shape index (κ3) is 7.48. The smallest absolute Gasteiger partial charge is 0.139 e. The van der Waals surface area contributed by atoms with Crippen molar-refractivity contribution in [2.75, 3.05) is 13.2 Å². The van der Waals surface area contributed by atoms with Gasteiger partial charge in [0, 0.05) is 19.1 Å². The lowest BCUT2D eigenvalue weighted by Gasteiger charge is -2.21. The maximum atomic E-state index is 8.89. The van der Waals surface area contributed by atoms with Gasteiger partial charge in [0.25, 0.3) is 0 Å². The Morgan fingerprint density at radius 1 is 1.38 bits per heavy atom. The van der Waals surface area contributed by atoms with E-state index in [2.05, 4.69) is 24.3 Å². The first-order valence-electron chi connectivity index (χ1n) is 5.92. The highest BCUT2D eigenvalue weighted by Gasteiger charge is 2.10. The molecule has 0 spiro atoms. The van der Waals surface area contributed by atoms with Gasteiger partial charge in [-0.1, -0.05) is 19.0 Å². The number of hydrogen-bond acceptors (Lipinski definition) is 4. The highest BCUT2D eigenvalue weighted by atomic mass is 16.4. The van der Waals surface area contributed by atoms with Gasteiger partial charge in [-0.3, -0.25) is 0 Å². The zero-order valence-corrected chi connectivity index (χ0v) is 10.3. The van der Waals surface area contributed by atoms with Crippen LogP contribution in [0.4, 0.5) is 0 Å². The van der Waals surface area contributed by atoms with Crippen molar-refractivity contribution in [1.29, 1.82) is 0 Å². The van der Waals surface area contributed by atoms with Crippen LogP contribution in [-0.2, 0) is 0 Å². The van der Waals surface area contributed by atoms with Crippen LogP contribution in [0.3, 0.4) is 0 Å². The first-order chi connectivity index (χ1) is 7.61. The molecule has 0 aromatic heterocycles. The van der Waals surface area contributed by atoms with Gasteiger partial charge in [0.2, 0.25) is 0 Å². The van der Waals surface area contributed by atoms with Crippen molar-refractivity contribution >= 4 is 5.84 Å². The van der Waals surface area contributed by atoms with E-state index in [9.17, 15) is 0 Å². The Morgan fingerprint density at radius 3 is 2.56 bits per heavy atom. The summed E-state index contributed by atoms with van der Waals surface area (Å²) in [7, 11) is 0. The number of nitrogens with one attached hydrogen (secondary N) is 1. The molecule has 0 aromatic rings. The third-order valence-corrected chi connectivity index (χ3v) is 2.64. The summed E-state index contributed by atoms with van der Waals surface area (Å²) in [4.78, 5) is 0. The van der Waals surface area contributed by atoms with Crippen LogP contribution in [0, 0.1) is 5.92 Å². The first kappa shape index (κ1) is 15.2. The Labute approximate surface area is 97.7 Å². The van der Waals surface area contributed by atoms with E-state index in [1.165, 1.54) is 0 Å². The normalized spacial score (nSPS) is 14.4. The van der Waals surface area contributed by atoms with Crippen LogP contribution in [0.25, 0.3) is 0 Å². The zero-order chi connectivity index (χ0) is 12.4. The Hall–Kier alpha value is -0.810. The van der Waals surface area contributed by atoms with E-state index >= 15 is 0 Å². The lowest BCUT2D eigenvalue weighted by atomic mass is 10.0. The van der Waals surface area contributed by atoms with E-state index in [4.69, 9.17) is 16.0 Å². The van der Waals surface area contributed by atoms with Gasteiger partial charge in [0.15, 0.2) is 0 Å². The van der Waals surface area contributed by atoms with E-state index in [0.717, 1.165) is 25.8 Å². The van der Waals surface area contributed by atoms with Crippen molar-refractivity contribution in [2.24, 2.45) is 16.8 Å². The monoisotopic (exact) mass is 231 g/mol. The fourth-order valence-electron chi connectivity index (χ4n) is 1.58. The van der Waals surface area contributed by atoms with Crippen molar-refractivity contribution in [1.82, 2.24) is 5.32 Å². The van der Waals surface area contributed by atoms with Gasteiger partial charge in [-0.05, 0) is 31.7 Å². The van der Waals surface area contributed by atoms with E-state index in [-0.39, 0.29) is 12.4 Å². The summed E-state index contributed by atoms with van der Waals surface area (Å²) in [5.41, 5.74) is 5.36. The quantitative estimate of drug-likeness (QED) is 0.156. The lowest BCUT2D eigenvalue weighted by Crippen LogP contribution is -2.35. The molecule has 1 atom stereocenters. The Kier molecular flexibility index (Phi) is 8.94. The second kappa shape index (κ2) is 9.42. The van der Waals surface area contributed by atoms with Crippen LogP contribution in [0.1, 0.15) is 39.5 Å². The molecule has 5 N–H and O–H groups in total. The molecule has 0 saturated carbocycles. The molecule has 0 radical (unpaired) electrons. The van der Waals surface area contributed by atoms with Crippen LogP contribution in [0.5, 0.6) is 0 Å². The molecule has 0 aliphatic carbocycles. The summed E-state index contributed by atoms with van der Waals surface area (Å²) in [6, 6.07) is 0.369. The zero-order valence-electron chi connectivity index (χ0n) is 10.3. The Bertz CT molecular complexity index is 196. The number of nitrogens with two attached hydrogens (primary N) is 1. The molecule has 16 heavy (non-hydrogen) atoms. The maximum Gasteiger partial charge on any atom is 0.139 e. The first-order valence-corrected chi connectivity index (χ1v) is 5.92. The molecule has 0 amide bonds. The predicted octanol–water partition coefficient (Wildman–Crippen LogP) is 0.900. The summed E-state index contributed by atoms with van der Waals surface area (Å²) >= 11 is 0. The van der Waals surface area contributed by atoms with Gasteiger partial charge >= 0.3 is 0 Å². The van der Waals surface area contributed by atoms with Crippen LogP contribution in [0.15, 0.2) is 5.16 Å². The molecule has 0 heterocycles.